The van der Waals surface area contributed by atoms with E-state index in [1.807, 2.05) is 6.92 Å². The predicted molar refractivity (Wildman–Crippen MR) is 95.1 cm³/mol. The van der Waals surface area contributed by atoms with Crippen molar-refractivity contribution in [2.75, 3.05) is 19.6 Å². The topological polar surface area (TPSA) is 105 Å². The largest absolute Gasteiger partial charge is 0.360 e. The fraction of sp³-hybridized carbons (Fsp3) is 0.412. The van der Waals surface area contributed by atoms with Crippen LogP contribution in [0.25, 0.3) is 0 Å². The Balaban J connectivity index is 1.76. The van der Waals surface area contributed by atoms with Gasteiger partial charge in [-0.15, -0.1) is 0 Å². The zero-order valence-electron chi connectivity index (χ0n) is 14.7. The predicted octanol–water partition coefficient (Wildman–Crippen LogP) is 0.895. The Morgan fingerprint density at radius 1 is 1.42 bits per heavy atom. The van der Waals surface area contributed by atoms with Gasteiger partial charge in [0.2, 0.25) is 10.0 Å². The van der Waals surface area contributed by atoms with Crippen molar-refractivity contribution in [3.8, 4) is 0 Å². The molecule has 140 valence electrons. The van der Waals surface area contributed by atoms with Crippen LogP contribution in [0.15, 0.2) is 39.8 Å². The van der Waals surface area contributed by atoms with Crippen molar-refractivity contribution in [3.05, 3.63) is 47.3 Å². The summed E-state index contributed by atoms with van der Waals surface area (Å²) in [7, 11) is -3.77. The van der Waals surface area contributed by atoms with E-state index in [1.165, 1.54) is 12.1 Å². The van der Waals surface area contributed by atoms with Gasteiger partial charge in [-0.2, -0.15) is 0 Å². The Morgan fingerprint density at radius 2 is 2.23 bits per heavy atom. The standard InChI is InChI=1S/C17H22N4O4S/c1-12-8-15(25-20-12)11-19-26(23,24)16-5-3-4-14(9-16)17(22)21-7-6-18-10-13(21)2/h3-5,8-9,13,18-19H,6-7,10-11H2,1-2H3/t13-/m1/s1. The minimum Gasteiger partial charge on any atom is -0.360 e. The molecule has 1 saturated heterocycles. The Kier molecular flexibility index (Phi) is 5.40. The number of aromatic nitrogens is 1. The molecule has 1 amide bonds. The van der Waals surface area contributed by atoms with Crippen LogP contribution in [-0.2, 0) is 16.6 Å². The van der Waals surface area contributed by atoms with E-state index in [9.17, 15) is 13.2 Å². The minimum atomic E-state index is -3.77. The number of benzene rings is 1. The third-order valence-electron chi connectivity index (χ3n) is 4.27. The molecule has 1 aromatic carbocycles. The molecule has 1 fully saturated rings. The van der Waals surface area contributed by atoms with Gasteiger partial charge in [-0.25, -0.2) is 13.1 Å². The fourth-order valence-corrected chi connectivity index (χ4v) is 3.89. The number of piperazine rings is 1. The maximum atomic E-state index is 12.7. The third-order valence-corrected chi connectivity index (χ3v) is 5.67. The number of hydrogen-bond donors (Lipinski definition) is 2. The second-order valence-electron chi connectivity index (χ2n) is 6.34. The molecule has 8 nitrogen and oxygen atoms in total. The van der Waals surface area contributed by atoms with Crippen LogP contribution >= 0.6 is 0 Å². The number of aryl methyl sites for hydroxylation is 1. The molecule has 1 aliphatic rings. The van der Waals surface area contributed by atoms with Crippen molar-refractivity contribution < 1.29 is 17.7 Å². The summed E-state index contributed by atoms with van der Waals surface area (Å²) in [6.07, 6.45) is 0. The van der Waals surface area contributed by atoms with E-state index < -0.39 is 10.0 Å². The lowest BCUT2D eigenvalue weighted by atomic mass is 10.1. The van der Waals surface area contributed by atoms with Gasteiger partial charge >= 0.3 is 0 Å². The summed E-state index contributed by atoms with van der Waals surface area (Å²) in [5, 5.41) is 6.95. The van der Waals surface area contributed by atoms with Gasteiger partial charge in [0.25, 0.3) is 5.91 Å². The first-order valence-electron chi connectivity index (χ1n) is 8.40. The number of nitrogens with zero attached hydrogens (tertiary/aromatic N) is 2. The summed E-state index contributed by atoms with van der Waals surface area (Å²) in [6, 6.07) is 7.80. The summed E-state index contributed by atoms with van der Waals surface area (Å²) in [5.74, 6) is 0.259. The van der Waals surface area contributed by atoms with Crippen LogP contribution in [0.3, 0.4) is 0 Å². The maximum Gasteiger partial charge on any atom is 0.254 e. The number of nitrogens with one attached hydrogen (secondary N) is 2. The van der Waals surface area contributed by atoms with E-state index >= 15 is 0 Å². The van der Waals surface area contributed by atoms with Crippen LogP contribution in [-0.4, -0.2) is 50.1 Å². The van der Waals surface area contributed by atoms with E-state index in [4.69, 9.17) is 4.52 Å². The summed E-state index contributed by atoms with van der Waals surface area (Å²) < 4.78 is 32.5. The molecule has 0 spiro atoms. The second kappa shape index (κ2) is 7.56. The Hall–Kier alpha value is -2.23. The van der Waals surface area contributed by atoms with E-state index in [0.717, 1.165) is 13.1 Å². The average molecular weight is 378 g/mol. The molecular formula is C17H22N4O4S. The van der Waals surface area contributed by atoms with Gasteiger partial charge in [-0.1, -0.05) is 11.2 Å². The highest BCUT2D eigenvalue weighted by atomic mass is 32.2. The molecule has 0 bridgehead atoms. The molecule has 0 unspecified atom stereocenters. The lowest BCUT2D eigenvalue weighted by Gasteiger charge is -2.34. The van der Waals surface area contributed by atoms with Gasteiger partial charge in [0.1, 0.15) is 0 Å². The van der Waals surface area contributed by atoms with Crippen LogP contribution < -0.4 is 10.0 Å². The number of hydrogen-bond acceptors (Lipinski definition) is 6. The van der Waals surface area contributed by atoms with Crippen LogP contribution in [0.5, 0.6) is 0 Å². The lowest BCUT2D eigenvalue weighted by Crippen LogP contribution is -2.52. The normalized spacial score (nSPS) is 18.1. The number of rotatable bonds is 5. The number of amides is 1. The van der Waals surface area contributed by atoms with Crippen molar-refractivity contribution >= 4 is 15.9 Å². The lowest BCUT2D eigenvalue weighted by molar-refractivity contribution is 0.0655. The van der Waals surface area contributed by atoms with E-state index in [2.05, 4.69) is 15.2 Å². The first-order chi connectivity index (χ1) is 12.4. The molecule has 2 aromatic rings. The Morgan fingerprint density at radius 3 is 2.92 bits per heavy atom. The molecule has 1 atom stereocenters. The van der Waals surface area contributed by atoms with Crippen LogP contribution in [0, 0.1) is 6.92 Å². The zero-order chi connectivity index (χ0) is 18.7. The quantitative estimate of drug-likeness (QED) is 0.801. The average Bonchev–Trinajstić information content (AvgIpc) is 3.05. The van der Waals surface area contributed by atoms with E-state index in [0.29, 0.717) is 23.6 Å². The number of sulfonamides is 1. The third kappa shape index (κ3) is 4.12. The van der Waals surface area contributed by atoms with E-state index in [1.54, 1.807) is 30.0 Å². The first kappa shape index (κ1) is 18.6. The summed E-state index contributed by atoms with van der Waals surface area (Å²) in [4.78, 5) is 14.5. The molecule has 0 radical (unpaired) electrons. The summed E-state index contributed by atoms with van der Waals surface area (Å²) >= 11 is 0. The fourth-order valence-electron chi connectivity index (χ4n) is 2.85. The number of carbonyl (C=O) groups is 1. The van der Waals surface area contributed by atoms with Crippen LogP contribution in [0.1, 0.15) is 28.7 Å². The monoisotopic (exact) mass is 378 g/mol. The van der Waals surface area contributed by atoms with Crippen molar-refractivity contribution in [2.45, 2.75) is 31.3 Å². The van der Waals surface area contributed by atoms with Gasteiger partial charge in [0.05, 0.1) is 17.1 Å². The molecule has 1 aliphatic heterocycles. The van der Waals surface area contributed by atoms with Gasteiger partial charge < -0.3 is 14.7 Å². The van der Waals surface area contributed by atoms with Gasteiger partial charge in [-0.05, 0) is 32.0 Å². The summed E-state index contributed by atoms with van der Waals surface area (Å²) in [6.45, 7) is 5.77. The molecule has 2 N–H and O–H groups in total. The van der Waals surface area contributed by atoms with Crippen LogP contribution in [0.2, 0.25) is 0 Å². The summed E-state index contributed by atoms with van der Waals surface area (Å²) in [5.41, 5.74) is 1.04. The Bertz CT molecular complexity index is 894. The smallest absolute Gasteiger partial charge is 0.254 e. The second-order valence-corrected chi connectivity index (χ2v) is 8.11. The van der Waals surface area contributed by atoms with Crippen LogP contribution in [0.4, 0.5) is 0 Å². The highest BCUT2D eigenvalue weighted by Crippen LogP contribution is 2.16. The molecule has 2 heterocycles. The zero-order valence-corrected chi connectivity index (χ0v) is 15.5. The van der Waals surface area contributed by atoms with Gasteiger partial charge in [-0.3, -0.25) is 4.79 Å². The number of carbonyl (C=O) groups excluding carboxylic acids is 1. The highest BCUT2D eigenvalue weighted by Gasteiger charge is 2.25. The maximum absolute atomic E-state index is 12.7. The molecule has 1 aromatic heterocycles. The first-order valence-corrected chi connectivity index (χ1v) is 9.89. The van der Waals surface area contributed by atoms with Crippen molar-refractivity contribution in [2.24, 2.45) is 0 Å². The minimum absolute atomic E-state index is 0.00379. The van der Waals surface area contributed by atoms with Crippen molar-refractivity contribution in [1.29, 1.82) is 0 Å². The molecule has 0 aliphatic carbocycles. The molecule has 3 rings (SSSR count). The molecule has 0 saturated carbocycles. The van der Waals surface area contributed by atoms with Gasteiger partial charge in [0, 0.05) is 37.3 Å². The highest BCUT2D eigenvalue weighted by molar-refractivity contribution is 7.89. The molecule has 9 heteroatoms. The van der Waals surface area contributed by atoms with Crippen molar-refractivity contribution in [3.63, 3.8) is 0 Å². The van der Waals surface area contributed by atoms with E-state index in [-0.39, 0.29) is 23.4 Å². The van der Waals surface area contributed by atoms with Crippen molar-refractivity contribution in [1.82, 2.24) is 20.1 Å². The Labute approximate surface area is 152 Å². The molecular weight excluding hydrogens is 356 g/mol. The molecule has 26 heavy (non-hydrogen) atoms. The van der Waals surface area contributed by atoms with Gasteiger partial charge in [0.15, 0.2) is 5.76 Å². The SMILES string of the molecule is Cc1cc(CNS(=O)(=O)c2cccc(C(=O)N3CCNC[C@H]3C)c2)on1.